The Hall–Kier alpha value is -3.36. The van der Waals surface area contributed by atoms with E-state index in [1.54, 1.807) is 6.07 Å². The zero-order valence-corrected chi connectivity index (χ0v) is 17.3. The van der Waals surface area contributed by atoms with Gasteiger partial charge in [0, 0.05) is 17.6 Å². The summed E-state index contributed by atoms with van der Waals surface area (Å²) in [5.74, 6) is 0.582. The third-order valence-electron chi connectivity index (χ3n) is 6.51. The Labute approximate surface area is 182 Å². The highest BCUT2D eigenvalue weighted by atomic mass is 19.4. The van der Waals surface area contributed by atoms with Gasteiger partial charge in [-0.2, -0.15) is 13.2 Å². The first kappa shape index (κ1) is 20.5. The van der Waals surface area contributed by atoms with Crippen molar-refractivity contribution in [3.8, 4) is 0 Å². The Kier molecular flexibility index (Phi) is 4.91. The smallest absolute Gasteiger partial charge is 0.383 e. The van der Waals surface area contributed by atoms with Crippen LogP contribution in [0.3, 0.4) is 0 Å². The molecule has 6 nitrogen and oxygen atoms in total. The molecule has 0 saturated heterocycles. The Morgan fingerprint density at radius 3 is 2.69 bits per heavy atom. The minimum Gasteiger partial charge on any atom is -0.383 e. The van der Waals surface area contributed by atoms with Gasteiger partial charge in [-0.3, -0.25) is 0 Å². The number of pyridine rings is 1. The molecule has 0 spiro atoms. The fraction of sp³-hybridized carbons (Fsp3) is 0.348. The number of anilines is 2. The molecule has 1 aliphatic carbocycles. The van der Waals surface area contributed by atoms with Crippen LogP contribution < -0.4 is 11.5 Å². The Morgan fingerprint density at radius 2 is 1.88 bits per heavy atom. The summed E-state index contributed by atoms with van der Waals surface area (Å²) in [6, 6.07) is 8.84. The number of aryl methyl sites for hydroxylation is 1. The Balaban J connectivity index is 1.27. The van der Waals surface area contributed by atoms with Crippen molar-refractivity contribution in [2.75, 3.05) is 11.5 Å². The SMILES string of the molecule is Nc1nc2cc(CCC3CCC(n4ccc5c(N)ncnc54)C3)ccc2cc1C(F)(F)F. The number of aromatic nitrogens is 4. The van der Waals surface area contributed by atoms with Crippen LogP contribution >= 0.6 is 0 Å². The van der Waals surface area contributed by atoms with Crippen molar-refractivity contribution in [2.45, 2.75) is 44.3 Å². The van der Waals surface area contributed by atoms with Crippen molar-refractivity contribution in [2.24, 2.45) is 5.92 Å². The molecule has 1 aliphatic rings. The molecule has 0 radical (unpaired) electrons. The minimum absolute atomic E-state index is 0.380. The maximum Gasteiger partial charge on any atom is 0.419 e. The van der Waals surface area contributed by atoms with Gasteiger partial charge in [0.05, 0.1) is 16.5 Å². The number of halogens is 3. The zero-order valence-electron chi connectivity index (χ0n) is 17.3. The van der Waals surface area contributed by atoms with E-state index >= 15 is 0 Å². The van der Waals surface area contributed by atoms with Crippen molar-refractivity contribution >= 4 is 33.6 Å². The number of benzene rings is 1. The Morgan fingerprint density at radius 1 is 1.03 bits per heavy atom. The second-order valence-electron chi connectivity index (χ2n) is 8.54. The average Bonchev–Trinajstić information content (AvgIpc) is 3.38. The fourth-order valence-corrected chi connectivity index (χ4v) is 4.83. The van der Waals surface area contributed by atoms with Crippen LogP contribution in [0.4, 0.5) is 24.8 Å². The number of alkyl halides is 3. The second kappa shape index (κ2) is 7.65. The second-order valence-corrected chi connectivity index (χ2v) is 8.54. The largest absolute Gasteiger partial charge is 0.419 e. The molecule has 0 amide bonds. The molecule has 4 N–H and O–H groups in total. The van der Waals surface area contributed by atoms with Gasteiger partial charge in [-0.15, -0.1) is 0 Å². The lowest BCUT2D eigenvalue weighted by molar-refractivity contribution is -0.137. The molecule has 1 fully saturated rings. The number of nitrogens with zero attached hydrogens (tertiary/aromatic N) is 4. The van der Waals surface area contributed by atoms with Crippen LogP contribution in [0, 0.1) is 5.92 Å². The van der Waals surface area contributed by atoms with Gasteiger partial charge in [0.1, 0.15) is 23.6 Å². The van der Waals surface area contributed by atoms with E-state index in [1.165, 1.54) is 6.33 Å². The van der Waals surface area contributed by atoms with Crippen molar-refractivity contribution in [3.05, 3.63) is 54.0 Å². The van der Waals surface area contributed by atoms with E-state index < -0.39 is 17.6 Å². The summed E-state index contributed by atoms with van der Waals surface area (Å²) in [4.78, 5) is 12.5. The van der Waals surface area contributed by atoms with E-state index in [0.717, 1.165) is 54.8 Å². The van der Waals surface area contributed by atoms with Crippen LogP contribution in [-0.2, 0) is 12.6 Å². The molecule has 3 aromatic heterocycles. The molecule has 2 atom stereocenters. The van der Waals surface area contributed by atoms with Crippen LogP contribution in [0.25, 0.3) is 21.9 Å². The lowest BCUT2D eigenvalue weighted by Gasteiger charge is -2.15. The zero-order chi connectivity index (χ0) is 22.5. The summed E-state index contributed by atoms with van der Waals surface area (Å²) in [5, 5.41) is 1.32. The van der Waals surface area contributed by atoms with Crippen LogP contribution in [0.2, 0.25) is 0 Å². The van der Waals surface area contributed by atoms with Crippen LogP contribution in [0.1, 0.15) is 42.9 Å². The van der Waals surface area contributed by atoms with Gasteiger partial charge < -0.3 is 16.0 Å². The molecule has 1 saturated carbocycles. The van der Waals surface area contributed by atoms with Gasteiger partial charge in [-0.25, -0.2) is 15.0 Å². The highest BCUT2D eigenvalue weighted by molar-refractivity contribution is 5.86. The van der Waals surface area contributed by atoms with Crippen molar-refractivity contribution < 1.29 is 13.2 Å². The summed E-state index contributed by atoms with van der Waals surface area (Å²) in [5.41, 5.74) is 13.0. The summed E-state index contributed by atoms with van der Waals surface area (Å²) in [7, 11) is 0. The fourth-order valence-electron chi connectivity index (χ4n) is 4.83. The molecule has 0 aliphatic heterocycles. The molecule has 5 rings (SSSR count). The number of rotatable bonds is 4. The molecule has 1 aromatic carbocycles. The predicted molar refractivity (Wildman–Crippen MR) is 118 cm³/mol. The molecule has 166 valence electrons. The highest BCUT2D eigenvalue weighted by Gasteiger charge is 2.34. The summed E-state index contributed by atoms with van der Waals surface area (Å²) in [6.07, 6.45) is 4.14. The number of hydrogen-bond acceptors (Lipinski definition) is 5. The van der Waals surface area contributed by atoms with Gasteiger partial charge in [0.2, 0.25) is 0 Å². The number of fused-ring (bicyclic) bond motifs is 2. The number of nitrogens with two attached hydrogens (primary N) is 2. The molecule has 4 aromatic rings. The topological polar surface area (TPSA) is 95.6 Å². The summed E-state index contributed by atoms with van der Waals surface area (Å²) < 4.78 is 41.4. The number of hydrogen-bond donors (Lipinski definition) is 2. The van der Waals surface area contributed by atoms with E-state index in [-0.39, 0.29) is 0 Å². The molecule has 32 heavy (non-hydrogen) atoms. The first-order valence-corrected chi connectivity index (χ1v) is 10.6. The molecular weight excluding hydrogens is 417 g/mol. The van der Waals surface area contributed by atoms with Gasteiger partial charge in [0.25, 0.3) is 0 Å². The molecular formula is C23H23F3N6. The predicted octanol–water partition coefficient (Wildman–Crippen LogP) is 5.14. The van der Waals surface area contributed by atoms with E-state index in [4.69, 9.17) is 11.5 Å². The van der Waals surface area contributed by atoms with Crippen molar-refractivity contribution in [1.82, 2.24) is 19.5 Å². The van der Waals surface area contributed by atoms with E-state index in [0.29, 0.717) is 28.7 Å². The first-order chi connectivity index (χ1) is 15.3. The molecule has 0 bridgehead atoms. The highest BCUT2D eigenvalue weighted by Crippen LogP contribution is 2.39. The number of nitrogen functional groups attached to an aromatic ring is 2. The van der Waals surface area contributed by atoms with E-state index in [2.05, 4.69) is 19.5 Å². The van der Waals surface area contributed by atoms with Gasteiger partial charge in [-0.1, -0.05) is 12.1 Å². The van der Waals surface area contributed by atoms with Gasteiger partial charge >= 0.3 is 6.18 Å². The lowest BCUT2D eigenvalue weighted by Crippen LogP contribution is -2.10. The van der Waals surface area contributed by atoms with Crippen LogP contribution in [-0.4, -0.2) is 19.5 Å². The third-order valence-corrected chi connectivity index (χ3v) is 6.51. The van der Waals surface area contributed by atoms with Crippen LogP contribution in [0.15, 0.2) is 42.9 Å². The first-order valence-electron chi connectivity index (χ1n) is 10.6. The van der Waals surface area contributed by atoms with E-state index in [1.807, 2.05) is 24.4 Å². The monoisotopic (exact) mass is 440 g/mol. The Bertz CT molecular complexity index is 1300. The van der Waals surface area contributed by atoms with Gasteiger partial charge in [-0.05, 0) is 61.8 Å². The molecule has 2 unspecified atom stereocenters. The molecule has 3 heterocycles. The maximum absolute atomic E-state index is 13.1. The van der Waals surface area contributed by atoms with E-state index in [9.17, 15) is 13.2 Å². The minimum atomic E-state index is -4.51. The molecule has 9 heteroatoms. The summed E-state index contributed by atoms with van der Waals surface area (Å²) >= 11 is 0. The lowest BCUT2D eigenvalue weighted by atomic mass is 9.97. The summed E-state index contributed by atoms with van der Waals surface area (Å²) in [6.45, 7) is 0. The maximum atomic E-state index is 13.1. The normalized spacial score (nSPS) is 19.2. The van der Waals surface area contributed by atoms with Crippen LogP contribution in [0.5, 0.6) is 0 Å². The van der Waals surface area contributed by atoms with Crippen molar-refractivity contribution in [1.29, 1.82) is 0 Å². The quantitative estimate of drug-likeness (QED) is 0.458. The van der Waals surface area contributed by atoms with Gasteiger partial charge in [0.15, 0.2) is 0 Å². The standard InChI is InChI=1S/C23H23F3N6/c24-23(25,26)18-11-15-5-3-14(10-19(15)31-21(18)28)2-1-13-4-6-16(9-13)32-8-7-17-20(27)29-12-30-22(17)32/h3,5,7-8,10-13,16H,1-2,4,6,9H2,(H2,28,31)(H2,27,29,30). The third kappa shape index (κ3) is 3.72. The van der Waals surface area contributed by atoms with Crippen molar-refractivity contribution in [3.63, 3.8) is 0 Å². The average molecular weight is 440 g/mol.